The molecular formula is C8H10N6O7. The Hall–Kier alpha value is -3.22. The largest absolute Gasteiger partial charge is 0.395 e. The standard InChI is InChI=1S/C8H10N6O7/c9-3-6(12(16)17)4(10)8(14(20)21)5(11-1-2-15)7(3)13(18)19/h11,15H,1-2,9-10H2. The van der Waals surface area contributed by atoms with Crippen LogP contribution in [0.15, 0.2) is 0 Å². The summed E-state index contributed by atoms with van der Waals surface area (Å²) < 4.78 is 0. The van der Waals surface area contributed by atoms with Crippen molar-refractivity contribution in [1.82, 2.24) is 0 Å². The van der Waals surface area contributed by atoms with Gasteiger partial charge in [-0.15, -0.1) is 0 Å². The van der Waals surface area contributed by atoms with Gasteiger partial charge in [0.2, 0.25) is 0 Å². The van der Waals surface area contributed by atoms with Gasteiger partial charge in [-0.05, 0) is 0 Å². The van der Waals surface area contributed by atoms with Gasteiger partial charge in [-0.25, -0.2) is 0 Å². The quantitative estimate of drug-likeness (QED) is 0.312. The molecular weight excluding hydrogens is 292 g/mol. The Morgan fingerprint density at radius 1 is 0.905 bits per heavy atom. The van der Waals surface area contributed by atoms with Crippen molar-refractivity contribution in [3.8, 4) is 0 Å². The summed E-state index contributed by atoms with van der Waals surface area (Å²) in [6, 6.07) is 0. The highest BCUT2D eigenvalue weighted by molar-refractivity contribution is 5.98. The molecule has 0 heterocycles. The summed E-state index contributed by atoms with van der Waals surface area (Å²) in [7, 11) is 0. The fourth-order valence-electron chi connectivity index (χ4n) is 1.68. The molecule has 6 N–H and O–H groups in total. The number of aliphatic hydroxyl groups excluding tert-OH is 1. The number of nitrogen functional groups attached to an aromatic ring is 2. The maximum atomic E-state index is 11.0. The van der Waals surface area contributed by atoms with E-state index in [1.54, 1.807) is 0 Å². The van der Waals surface area contributed by atoms with Crippen LogP contribution in [0.4, 0.5) is 34.1 Å². The number of anilines is 3. The first-order chi connectivity index (χ1) is 9.73. The molecule has 0 aliphatic heterocycles. The number of nitrogens with two attached hydrogens (primary N) is 2. The summed E-state index contributed by atoms with van der Waals surface area (Å²) in [5.41, 5.74) is 4.97. The van der Waals surface area contributed by atoms with Gasteiger partial charge in [0, 0.05) is 6.54 Å². The number of benzene rings is 1. The predicted molar refractivity (Wildman–Crippen MR) is 70.8 cm³/mol. The zero-order chi connectivity index (χ0) is 16.3. The van der Waals surface area contributed by atoms with Crippen LogP contribution in [0.5, 0.6) is 0 Å². The van der Waals surface area contributed by atoms with Crippen LogP contribution in [0.3, 0.4) is 0 Å². The summed E-state index contributed by atoms with van der Waals surface area (Å²) in [5.74, 6) is 0. The number of nitro benzene ring substituents is 3. The van der Waals surface area contributed by atoms with Crippen molar-refractivity contribution >= 4 is 34.1 Å². The molecule has 0 atom stereocenters. The zero-order valence-corrected chi connectivity index (χ0v) is 10.3. The van der Waals surface area contributed by atoms with Crippen LogP contribution in [-0.4, -0.2) is 33.0 Å². The van der Waals surface area contributed by atoms with Crippen LogP contribution in [0.25, 0.3) is 0 Å². The monoisotopic (exact) mass is 302 g/mol. The van der Waals surface area contributed by atoms with Gasteiger partial charge in [0.1, 0.15) is 0 Å². The SMILES string of the molecule is Nc1c([N+](=O)[O-])c(N)c([N+](=O)[O-])c(NCCO)c1[N+](=O)[O-]. The summed E-state index contributed by atoms with van der Waals surface area (Å²) in [6.07, 6.45) is 0. The van der Waals surface area contributed by atoms with Crippen molar-refractivity contribution in [1.29, 1.82) is 0 Å². The average Bonchev–Trinajstić information content (AvgIpc) is 2.34. The van der Waals surface area contributed by atoms with Crippen molar-refractivity contribution in [3.63, 3.8) is 0 Å². The molecule has 0 saturated heterocycles. The van der Waals surface area contributed by atoms with Crippen molar-refractivity contribution in [3.05, 3.63) is 30.3 Å². The maximum absolute atomic E-state index is 11.0. The van der Waals surface area contributed by atoms with Gasteiger partial charge >= 0.3 is 17.1 Å². The third kappa shape index (κ3) is 2.71. The summed E-state index contributed by atoms with van der Waals surface area (Å²) >= 11 is 0. The molecule has 13 nitrogen and oxygen atoms in total. The van der Waals surface area contributed by atoms with E-state index in [0.717, 1.165) is 0 Å². The molecule has 114 valence electrons. The van der Waals surface area contributed by atoms with Crippen LogP contribution in [0.2, 0.25) is 0 Å². The van der Waals surface area contributed by atoms with E-state index in [-0.39, 0.29) is 6.54 Å². The Labute approximate surface area is 115 Å². The van der Waals surface area contributed by atoms with Crippen molar-refractivity contribution in [2.24, 2.45) is 0 Å². The first kappa shape index (κ1) is 15.8. The number of nitrogens with one attached hydrogen (secondary N) is 1. The van der Waals surface area contributed by atoms with E-state index in [9.17, 15) is 30.3 Å². The highest BCUT2D eigenvalue weighted by Crippen LogP contribution is 2.49. The molecule has 0 aliphatic rings. The topological polar surface area (TPSA) is 214 Å². The third-order valence-electron chi connectivity index (χ3n) is 2.46. The summed E-state index contributed by atoms with van der Waals surface area (Å²) in [5, 5.41) is 43.8. The van der Waals surface area contributed by atoms with Gasteiger partial charge in [0.05, 0.1) is 21.4 Å². The van der Waals surface area contributed by atoms with E-state index in [1.165, 1.54) is 0 Å². The molecule has 0 saturated carbocycles. The second-order valence-electron chi connectivity index (χ2n) is 3.67. The molecule has 13 heteroatoms. The molecule has 0 radical (unpaired) electrons. The number of nitrogens with zero attached hydrogens (tertiary/aromatic N) is 3. The van der Waals surface area contributed by atoms with Crippen molar-refractivity contribution in [2.45, 2.75) is 0 Å². The lowest BCUT2D eigenvalue weighted by Gasteiger charge is -2.10. The Balaban J connectivity index is 3.86. The zero-order valence-electron chi connectivity index (χ0n) is 10.3. The molecule has 0 aliphatic carbocycles. The smallest absolute Gasteiger partial charge is 0.329 e. The highest BCUT2D eigenvalue weighted by atomic mass is 16.6. The lowest BCUT2D eigenvalue weighted by Crippen LogP contribution is -2.14. The third-order valence-corrected chi connectivity index (χ3v) is 2.46. The lowest BCUT2D eigenvalue weighted by molar-refractivity contribution is -0.399. The molecule has 1 aromatic carbocycles. The number of hydrogen-bond donors (Lipinski definition) is 4. The number of rotatable bonds is 6. The van der Waals surface area contributed by atoms with Crippen LogP contribution in [0, 0.1) is 30.3 Å². The van der Waals surface area contributed by atoms with Crippen LogP contribution < -0.4 is 16.8 Å². The minimum absolute atomic E-state index is 0.279. The predicted octanol–water partition coefficient (Wildman–Crippen LogP) is -0.0202. The Kier molecular flexibility index (Phi) is 4.39. The molecule has 0 bridgehead atoms. The van der Waals surface area contributed by atoms with E-state index in [2.05, 4.69) is 5.32 Å². The van der Waals surface area contributed by atoms with E-state index in [1.807, 2.05) is 0 Å². The summed E-state index contributed by atoms with van der Waals surface area (Å²) in [6.45, 7) is -0.774. The van der Waals surface area contributed by atoms with Gasteiger partial charge in [0.15, 0.2) is 17.1 Å². The minimum atomic E-state index is -1.14. The average molecular weight is 302 g/mol. The molecule has 1 aromatic rings. The van der Waals surface area contributed by atoms with Gasteiger partial charge < -0.3 is 21.9 Å². The van der Waals surface area contributed by atoms with E-state index >= 15 is 0 Å². The molecule has 21 heavy (non-hydrogen) atoms. The molecule has 0 unspecified atom stereocenters. The van der Waals surface area contributed by atoms with Crippen LogP contribution in [-0.2, 0) is 0 Å². The Morgan fingerprint density at radius 2 is 1.29 bits per heavy atom. The Bertz CT molecular complexity index is 589. The molecule has 1 rings (SSSR count). The number of nitro groups is 3. The van der Waals surface area contributed by atoms with Gasteiger partial charge in [-0.3, -0.25) is 30.3 Å². The van der Waals surface area contributed by atoms with Crippen LogP contribution in [0.1, 0.15) is 0 Å². The second kappa shape index (κ2) is 5.83. The fraction of sp³-hybridized carbons (Fsp3) is 0.250. The molecule has 0 spiro atoms. The van der Waals surface area contributed by atoms with Gasteiger partial charge in [0.25, 0.3) is 0 Å². The minimum Gasteiger partial charge on any atom is -0.395 e. The van der Waals surface area contributed by atoms with E-state index in [0.29, 0.717) is 0 Å². The van der Waals surface area contributed by atoms with Crippen molar-refractivity contribution in [2.75, 3.05) is 29.9 Å². The molecule has 0 aromatic heterocycles. The van der Waals surface area contributed by atoms with Crippen LogP contribution >= 0.6 is 0 Å². The first-order valence-electron chi connectivity index (χ1n) is 5.26. The molecule has 0 amide bonds. The van der Waals surface area contributed by atoms with Gasteiger partial charge in [-0.2, -0.15) is 0 Å². The first-order valence-corrected chi connectivity index (χ1v) is 5.26. The second-order valence-corrected chi connectivity index (χ2v) is 3.67. The maximum Gasteiger partial charge on any atom is 0.329 e. The normalized spacial score (nSPS) is 10.1. The highest BCUT2D eigenvalue weighted by Gasteiger charge is 2.40. The van der Waals surface area contributed by atoms with Crippen molar-refractivity contribution < 1.29 is 19.9 Å². The van der Waals surface area contributed by atoms with Gasteiger partial charge in [-0.1, -0.05) is 0 Å². The lowest BCUT2D eigenvalue weighted by atomic mass is 10.1. The van der Waals surface area contributed by atoms with E-state index in [4.69, 9.17) is 16.6 Å². The summed E-state index contributed by atoms with van der Waals surface area (Å²) in [4.78, 5) is 29.5. The molecule has 0 fully saturated rings. The number of aliphatic hydroxyl groups is 1. The number of hydrogen-bond acceptors (Lipinski definition) is 10. The van der Waals surface area contributed by atoms with E-state index < -0.39 is 55.5 Å². The Morgan fingerprint density at radius 3 is 1.57 bits per heavy atom. The fourth-order valence-corrected chi connectivity index (χ4v) is 1.68.